The summed E-state index contributed by atoms with van der Waals surface area (Å²) in [5.41, 5.74) is -0.941. The average Bonchev–Trinajstić information content (AvgIpc) is 3.00. The molecule has 2 aromatic carbocycles. The molecule has 0 spiro atoms. The van der Waals surface area contributed by atoms with Gasteiger partial charge in [0.25, 0.3) is 5.91 Å². The van der Waals surface area contributed by atoms with E-state index in [-0.39, 0.29) is 32.0 Å². The molecule has 5 nitrogen and oxygen atoms in total. The molecule has 30 heavy (non-hydrogen) atoms. The maximum Gasteiger partial charge on any atom is 0.416 e. The molecule has 3 aromatic rings. The molecule has 3 rings (SSSR count). The van der Waals surface area contributed by atoms with Crippen molar-refractivity contribution in [2.45, 2.75) is 25.6 Å². The van der Waals surface area contributed by atoms with E-state index >= 15 is 0 Å². The standard InChI is InChI=1S/C19H13Cl2F3N2O3S/c1-2-13(17(28)29)26-14-8-10(19(22,23)24)7-12(21)15(14)30-18(26)25-16(27)9-4-3-5-11(20)6-9/h3-8,13H,2H2,1H3,(H,28,29). The fourth-order valence-electron chi connectivity index (χ4n) is 2.88. The number of rotatable bonds is 4. The number of thiazole rings is 1. The minimum atomic E-state index is -4.68. The molecule has 1 unspecified atom stereocenters. The molecule has 1 amide bonds. The van der Waals surface area contributed by atoms with Crippen LogP contribution in [0.4, 0.5) is 13.2 Å². The van der Waals surface area contributed by atoms with E-state index in [1.54, 1.807) is 19.1 Å². The van der Waals surface area contributed by atoms with Gasteiger partial charge in [0.2, 0.25) is 0 Å². The zero-order valence-electron chi connectivity index (χ0n) is 15.2. The van der Waals surface area contributed by atoms with Crippen molar-refractivity contribution in [3.63, 3.8) is 0 Å². The Kier molecular flexibility index (Phi) is 6.26. The predicted octanol–water partition coefficient (Wildman–Crippen LogP) is 5.81. The molecule has 0 bridgehead atoms. The zero-order valence-corrected chi connectivity index (χ0v) is 17.5. The summed E-state index contributed by atoms with van der Waals surface area (Å²) in [7, 11) is 0. The molecule has 1 N–H and O–H groups in total. The largest absolute Gasteiger partial charge is 0.480 e. The first-order valence-corrected chi connectivity index (χ1v) is 10.1. The van der Waals surface area contributed by atoms with Gasteiger partial charge in [-0.1, -0.05) is 47.5 Å². The number of aromatic nitrogens is 1. The molecule has 1 heterocycles. The van der Waals surface area contributed by atoms with Crippen LogP contribution in [0.15, 0.2) is 41.4 Å². The number of alkyl halides is 3. The lowest BCUT2D eigenvalue weighted by Crippen LogP contribution is -2.27. The van der Waals surface area contributed by atoms with Gasteiger partial charge >= 0.3 is 12.1 Å². The number of carboxylic acid groups (broad SMARTS) is 1. The molecule has 0 aliphatic carbocycles. The Morgan fingerprint density at radius 2 is 1.93 bits per heavy atom. The Bertz CT molecular complexity index is 1220. The van der Waals surface area contributed by atoms with Crippen LogP contribution < -0.4 is 4.80 Å². The molecule has 1 atom stereocenters. The summed E-state index contributed by atoms with van der Waals surface area (Å²) in [5.74, 6) is -1.99. The number of carboxylic acids is 1. The molecule has 11 heteroatoms. The number of fused-ring (bicyclic) bond motifs is 1. The number of nitrogens with zero attached hydrogens (tertiary/aromatic N) is 2. The van der Waals surface area contributed by atoms with E-state index in [0.717, 1.165) is 28.0 Å². The summed E-state index contributed by atoms with van der Waals surface area (Å²) >= 11 is 12.8. The van der Waals surface area contributed by atoms with E-state index in [1.807, 2.05) is 0 Å². The SMILES string of the molecule is CCC(C(=O)O)n1c(=NC(=O)c2cccc(Cl)c2)sc2c(Cl)cc(C(F)(F)F)cc21. The fraction of sp³-hybridized carbons (Fsp3) is 0.211. The number of hydrogen-bond donors (Lipinski definition) is 1. The Morgan fingerprint density at radius 1 is 1.23 bits per heavy atom. The fourth-order valence-corrected chi connectivity index (χ4v) is 4.46. The second kappa shape index (κ2) is 8.41. The van der Waals surface area contributed by atoms with Gasteiger partial charge in [-0.15, -0.1) is 0 Å². The molecule has 158 valence electrons. The lowest BCUT2D eigenvalue weighted by Gasteiger charge is -2.15. The number of aliphatic carboxylic acids is 1. The van der Waals surface area contributed by atoms with Crippen LogP contribution in [0.5, 0.6) is 0 Å². The summed E-state index contributed by atoms with van der Waals surface area (Å²) in [6.07, 6.45) is -4.63. The summed E-state index contributed by atoms with van der Waals surface area (Å²) in [6.45, 7) is 1.56. The van der Waals surface area contributed by atoms with Crippen LogP contribution in [0.3, 0.4) is 0 Å². The number of amides is 1. The maximum atomic E-state index is 13.3. The van der Waals surface area contributed by atoms with Crippen LogP contribution in [-0.2, 0) is 11.0 Å². The summed E-state index contributed by atoms with van der Waals surface area (Å²) in [5, 5.41) is 9.69. The van der Waals surface area contributed by atoms with E-state index in [2.05, 4.69) is 4.99 Å². The first-order valence-electron chi connectivity index (χ1n) is 8.52. The summed E-state index contributed by atoms with van der Waals surface area (Å²) < 4.78 is 41.1. The normalized spacial score (nSPS) is 13.6. The molecular formula is C19H13Cl2F3N2O3S. The van der Waals surface area contributed by atoms with Crippen molar-refractivity contribution >= 4 is 56.6 Å². The summed E-state index contributed by atoms with van der Waals surface area (Å²) in [6, 6.07) is 6.29. The third kappa shape index (κ3) is 4.38. The highest BCUT2D eigenvalue weighted by Crippen LogP contribution is 2.37. The number of halogens is 5. The molecule has 0 aliphatic heterocycles. The minimum absolute atomic E-state index is 0.0492. The van der Waals surface area contributed by atoms with Crippen LogP contribution in [0, 0.1) is 0 Å². The van der Waals surface area contributed by atoms with Crippen molar-refractivity contribution in [1.29, 1.82) is 0 Å². The number of hydrogen-bond acceptors (Lipinski definition) is 3. The number of carbonyl (C=O) groups excluding carboxylic acids is 1. The third-order valence-corrected chi connectivity index (χ3v) is 6.01. The van der Waals surface area contributed by atoms with Gasteiger partial charge in [0, 0.05) is 10.6 Å². The molecule has 0 aliphatic rings. The molecule has 0 radical (unpaired) electrons. The predicted molar refractivity (Wildman–Crippen MR) is 108 cm³/mol. The highest BCUT2D eigenvalue weighted by molar-refractivity contribution is 7.17. The van der Waals surface area contributed by atoms with E-state index in [1.165, 1.54) is 12.1 Å². The lowest BCUT2D eigenvalue weighted by atomic mass is 10.1. The Labute approximate surface area is 182 Å². The van der Waals surface area contributed by atoms with Gasteiger partial charge in [0.05, 0.1) is 20.8 Å². The Hall–Kier alpha value is -2.36. The van der Waals surface area contributed by atoms with E-state index in [4.69, 9.17) is 23.2 Å². The van der Waals surface area contributed by atoms with Crippen molar-refractivity contribution in [2.24, 2.45) is 4.99 Å². The van der Waals surface area contributed by atoms with Crippen molar-refractivity contribution in [1.82, 2.24) is 4.57 Å². The van der Waals surface area contributed by atoms with Gasteiger partial charge in [-0.05, 0) is 36.8 Å². The lowest BCUT2D eigenvalue weighted by molar-refractivity contribution is -0.141. The summed E-state index contributed by atoms with van der Waals surface area (Å²) in [4.78, 5) is 28.3. The van der Waals surface area contributed by atoms with Gasteiger partial charge in [0.1, 0.15) is 6.04 Å². The van der Waals surface area contributed by atoms with Crippen LogP contribution in [0.1, 0.15) is 35.3 Å². The van der Waals surface area contributed by atoms with Crippen LogP contribution in [0.25, 0.3) is 10.2 Å². The molecule has 0 saturated heterocycles. The van der Waals surface area contributed by atoms with Crippen molar-refractivity contribution < 1.29 is 27.9 Å². The van der Waals surface area contributed by atoms with E-state index in [0.29, 0.717) is 5.02 Å². The zero-order chi connectivity index (χ0) is 22.2. The second-order valence-corrected chi connectivity index (χ2v) is 8.07. The highest BCUT2D eigenvalue weighted by Gasteiger charge is 2.33. The Balaban J connectivity index is 2.34. The molecule has 1 aromatic heterocycles. The van der Waals surface area contributed by atoms with Crippen LogP contribution >= 0.6 is 34.5 Å². The monoisotopic (exact) mass is 476 g/mol. The number of benzene rings is 2. The minimum Gasteiger partial charge on any atom is -0.480 e. The van der Waals surface area contributed by atoms with Crippen molar-refractivity contribution in [3.05, 3.63) is 62.4 Å². The van der Waals surface area contributed by atoms with Gasteiger partial charge in [-0.2, -0.15) is 18.2 Å². The topological polar surface area (TPSA) is 71.7 Å². The smallest absolute Gasteiger partial charge is 0.416 e. The molecule has 0 saturated carbocycles. The highest BCUT2D eigenvalue weighted by atomic mass is 35.5. The van der Waals surface area contributed by atoms with E-state index in [9.17, 15) is 27.9 Å². The quantitative estimate of drug-likeness (QED) is 0.516. The first kappa shape index (κ1) is 22.3. The van der Waals surface area contributed by atoms with Gasteiger partial charge < -0.3 is 9.67 Å². The third-order valence-electron chi connectivity index (χ3n) is 4.26. The van der Waals surface area contributed by atoms with Crippen molar-refractivity contribution in [3.8, 4) is 0 Å². The van der Waals surface area contributed by atoms with Gasteiger partial charge in [-0.25, -0.2) is 4.79 Å². The first-order chi connectivity index (χ1) is 14.0. The van der Waals surface area contributed by atoms with Crippen LogP contribution in [-0.4, -0.2) is 21.6 Å². The van der Waals surface area contributed by atoms with E-state index < -0.39 is 29.7 Å². The van der Waals surface area contributed by atoms with Gasteiger partial charge in [-0.3, -0.25) is 4.79 Å². The maximum absolute atomic E-state index is 13.3. The Morgan fingerprint density at radius 3 is 2.50 bits per heavy atom. The number of carbonyl (C=O) groups is 2. The van der Waals surface area contributed by atoms with Crippen molar-refractivity contribution in [2.75, 3.05) is 0 Å². The molecule has 0 fully saturated rings. The van der Waals surface area contributed by atoms with Crippen LogP contribution in [0.2, 0.25) is 10.0 Å². The second-order valence-electron chi connectivity index (χ2n) is 6.25. The van der Waals surface area contributed by atoms with Gasteiger partial charge in [0.15, 0.2) is 4.80 Å². The average molecular weight is 477 g/mol. The molecular weight excluding hydrogens is 464 g/mol.